The first-order valence-electron chi connectivity index (χ1n) is 10.5. The van der Waals surface area contributed by atoms with Crippen LogP contribution in [0.15, 0.2) is 61.1 Å². The van der Waals surface area contributed by atoms with Crippen LogP contribution in [-0.4, -0.2) is 61.4 Å². The molecule has 0 N–H and O–H groups in total. The van der Waals surface area contributed by atoms with Crippen LogP contribution >= 0.6 is 0 Å². The Morgan fingerprint density at radius 2 is 1.88 bits per heavy atom. The molecule has 1 aliphatic heterocycles. The summed E-state index contributed by atoms with van der Waals surface area (Å²) in [4.78, 5) is 28.0. The number of rotatable bonds is 3. The maximum Gasteiger partial charge on any atom is 0.256 e. The van der Waals surface area contributed by atoms with Crippen molar-refractivity contribution in [1.29, 1.82) is 0 Å². The van der Waals surface area contributed by atoms with Gasteiger partial charge in [-0.2, -0.15) is 15.0 Å². The standard InChI is InChI=1S/C23H22FN7O/c1-16-8-11-29(23-25-15-17-14-18(24)6-7-20(17)28-23)12-13-30(16)22(32)19-4-2-3-5-21(19)31-26-9-10-27-31/h2-7,9-10,14-16H,8,11-13H2,1H3/t16-/m1/s1. The Morgan fingerprint density at radius 3 is 2.72 bits per heavy atom. The number of para-hydroxylation sites is 1. The second kappa shape index (κ2) is 8.33. The van der Waals surface area contributed by atoms with Gasteiger partial charge in [0.1, 0.15) is 5.82 Å². The Labute approximate surface area is 184 Å². The van der Waals surface area contributed by atoms with Gasteiger partial charge in [-0.15, -0.1) is 0 Å². The molecular formula is C23H22FN7O. The van der Waals surface area contributed by atoms with Crippen LogP contribution in [-0.2, 0) is 0 Å². The molecule has 0 unspecified atom stereocenters. The summed E-state index contributed by atoms with van der Waals surface area (Å²) in [5.41, 5.74) is 1.91. The van der Waals surface area contributed by atoms with Crippen LogP contribution in [0.2, 0.25) is 0 Å². The first kappa shape index (κ1) is 20.0. The minimum atomic E-state index is -0.308. The Morgan fingerprint density at radius 1 is 1.06 bits per heavy atom. The molecule has 9 heteroatoms. The summed E-state index contributed by atoms with van der Waals surface area (Å²) < 4.78 is 13.5. The number of aromatic nitrogens is 5. The van der Waals surface area contributed by atoms with Gasteiger partial charge in [0.15, 0.2) is 0 Å². The fraction of sp³-hybridized carbons (Fsp3) is 0.261. The molecule has 0 radical (unpaired) electrons. The summed E-state index contributed by atoms with van der Waals surface area (Å²) in [6, 6.07) is 11.9. The summed E-state index contributed by atoms with van der Waals surface area (Å²) in [5, 5.41) is 9.03. The van der Waals surface area contributed by atoms with Crippen molar-refractivity contribution in [1.82, 2.24) is 29.9 Å². The van der Waals surface area contributed by atoms with Crippen molar-refractivity contribution in [2.45, 2.75) is 19.4 Å². The number of amides is 1. The number of hydrogen-bond acceptors (Lipinski definition) is 6. The second-order valence-electron chi connectivity index (χ2n) is 7.83. The van der Waals surface area contributed by atoms with E-state index in [9.17, 15) is 9.18 Å². The molecule has 162 valence electrons. The number of carbonyl (C=O) groups is 1. The van der Waals surface area contributed by atoms with E-state index in [1.807, 2.05) is 29.2 Å². The molecule has 0 aliphatic carbocycles. The first-order valence-corrected chi connectivity index (χ1v) is 10.5. The zero-order valence-corrected chi connectivity index (χ0v) is 17.6. The van der Waals surface area contributed by atoms with Gasteiger partial charge in [-0.05, 0) is 43.7 Å². The maximum atomic E-state index is 13.5. The van der Waals surface area contributed by atoms with Gasteiger partial charge in [-0.25, -0.2) is 14.4 Å². The average Bonchev–Trinajstić information content (AvgIpc) is 3.28. The third-order valence-electron chi connectivity index (χ3n) is 5.80. The molecule has 1 amide bonds. The Hall–Kier alpha value is -3.88. The Balaban J connectivity index is 1.38. The summed E-state index contributed by atoms with van der Waals surface area (Å²) in [6.45, 7) is 3.91. The van der Waals surface area contributed by atoms with Crippen LogP contribution in [0, 0.1) is 5.82 Å². The lowest BCUT2D eigenvalue weighted by atomic mass is 10.1. The van der Waals surface area contributed by atoms with Crippen molar-refractivity contribution in [3.8, 4) is 5.69 Å². The number of nitrogens with zero attached hydrogens (tertiary/aromatic N) is 7. The van der Waals surface area contributed by atoms with E-state index in [1.165, 1.54) is 16.9 Å². The SMILES string of the molecule is C[C@@H]1CCN(c2ncc3cc(F)ccc3n2)CCN1C(=O)c1ccccc1-n1nccn1. The molecule has 1 fully saturated rings. The molecular weight excluding hydrogens is 409 g/mol. The normalized spacial score (nSPS) is 16.9. The molecule has 3 heterocycles. The molecule has 4 aromatic rings. The molecule has 1 aliphatic rings. The fourth-order valence-corrected chi connectivity index (χ4v) is 4.03. The van der Waals surface area contributed by atoms with Gasteiger partial charge in [0.05, 0.1) is 29.2 Å². The van der Waals surface area contributed by atoms with E-state index in [0.717, 1.165) is 13.0 Å². The van der Waals surface area contributed by atoms with Crippen LogP contribution in [0.5, 0.6) is 0 Å². The second-order valence-corrected chi connectivity index (χ2v) is 7.83. The van der Waals surface area contributed by atoms with Gasteiger partial charge in [0.2, 0.25) is 5.95 Å². The Bertz CT molecular complexity index is 1260. The summed E-state index contributed by atoms with van der Waals surface area (Å²) in [7, 11) is 0. The van der Waals surface area contributed by atoms with Crippen LogP contribution in [0.4, 0.5) is 10.3 Å². The van der Waals surface area contributed by atoms with Crippen molar-refractivity contribution in [3.05, 3.63) is 72.4 Å². The summed E-state index contributed by atoms with van der Waals surface area (Å²) in [6.07, 6.45) is 5.60. The highest BCUT2D eigenvalue weighted by Gasteiger charge is 2.28. The van der Waals surface area contributed by atoms with E-state index in [2.05, 4.69) is 32.0 Å². The van der Waals surface area contributed by atoms with Crippen molar-refractivity contribution in [2.24, 2.45) is 0 Å². The number of carbonyl (C=O) groups excluding carboxylic acids is 1. The lowest BCUT2D eigenvalue weighted by Crippen LogP contribution is -2.40. The highest BCUT2D eigenvalue weighted by molar-refractivity contribution is 5.98. The number of halogens is 1. The minimum Gasteiger partial charge on any atom is -0.339 e. The molecule has 1 atom stereocenters. The zero-order valence-electron chi connectivity index (χ0n) is 17.6. The van der Waals surface area contributed by atoms with Gasteiger partial charge in [-0.3, -0.25) is 4.79 Å². The van der Waals surface area contributed by atoms with Crippen LogP contribution in [0.3, 0.4) is 0 Å². The molecule has 1 saturated heterocycles. The van der Waals surface area contributed by atoms with E-state index in [0.29, 0.717) is 41.2 Å². The monoisotopic (exact) mass is 431 g/mol. The van der Waals surface area contributed by atoms with Crippen molar-refractivity contribution in [2.75, 3.05) is 24.5 Å². The quantitative estimate of drug-likeness (QED) is 0.496. The van der Waals surface area contributed by atoms with Gasteiger partial charge < -0.3 is 9.80 Å². The zero-order chi connectivity index (χ0) is 22.1. The molecule has 2 aromatic heterocycles. The lowest BCUT2D eigenvalue weighted by Gasteiger charge is -2.27. The third-order valence-corrected chi connectivity index (χ3v) is 5.80. The largest absolute Gasteiger partial charge is 0.339 e. The predicted octanol–water partition coefficient (Wildman–Crippen LogP) is 3.09. The van der Waals surface area contributed by atoms with Gasteiger partial charge in [0.25, 0.3) is 5.91 Å². The highest BCUT2D eigenvalue weighted by atomic mass is 19.1. The van der Waals surface area contributed by atoms with Gasteiger partial charge >= 0.3 is 0 Å². The number of anilines is 1. The van der Waals surface area contributed by atoms with Crippen molar-refractivity contribution >= 4 is 22.8 Å². The molecule has 2 aromatic carbocycles. The number of benzene rings is 2. The van der Waals surface area contributed by atoms with Crippen molar-refractivity contribution in [3.63, 3.8) is 0 Å². The first-order chi connectivity index (χ1) is 15.6. The molecule has 5 rings (SSSR count). The van der Waals surface area contributed by atoms with Crippen LogP contribution in [0.1, 0.15) is 23.7 Å². The molecule has 8 nitrogen and oxygen atoms in total. The fourth-order valence-electron chi connectivity index (χ4n) is 4.03. The summed E-state index contributed by atoms with van der Waals surface area (Å²) >= 11 is 0. The molecule has 0 spiro atoms. The smallest absolute Gasteiger partial charge is 0.256 e. The van der Waals surface area contributed by atoms with E-state index in [4.69, 9.17) is 0 Å². The van der Waals surface area contributed by atoms with Crippen molar-refractivity contribution < 1.29 is 9.18 Å². The number of fused-ring (bicyclic) bond motifs is 1. The maximum absolute atomic E-state index is 13.5. The average molecular weight is 431 g/mol. The van der Waals surface area contributed by atoms with E-state index in [1.54, 1.807) is 24.7 Å². The minimum absolute atomic E-state index is 0.0423. The van der Waals surface area contributed by atoms with Gasteiger partial charge in [-0.1, -0.05) is 12.1 Å². The van der Waals surface area contributed by atoms with Crippen LogP contribution in [0.25, 0.3) is 16.6 Å². The summed E-state index contributed by atoms with van der Waals surface area (Å²) in [5.74, 6) is 0.228. The topological polar surface area (TPSA) is 80.0 Å². The number of hydrogen-bond donors (Lipinski definition) is 0. The van der Waals surface area contributed by atoms with Crippen LogP contribution < -0.4 is 4.90 Å². The van der Waals surface area contributed by atoms with E-state index >= 15 is 0 Å². The third kappa shape index (κ3) is 3.77. The lowest BCUT2D eigenvalue weighted by molar-refractivity contribution is 0.0705. The van der Waals surface area contributed by atoms with Gasteiger partial charge in [0, 0.05) is 37.3 Å². The molecule has 0 bridgehead atoms. The molecule has 32 heavy (non-hydrogen) atoms. The van der Waals surface area contributed by atoms with E-state index < -0.39 is 0 Å². The molecule has 0 saturated carbocycles. The predicted molar refractivity (Wildman–Crippen MR) is 118 cm³/mol. The van der Waals surface area contributed by atoms with E-state index in [-0.39, 0.29) is 17.8 Å². The Kier molecular flexibility index (Phi) is 5.22. The highest BCUT2D eigenvalue weighted by Crippen LogP contribution is 2.22.